The quantitative estimate of drug-likeness (QED) is 0.755. The molecule has 0 aliphatic heterocycles. The average Bonchev–Trinajstić information content (AvgIpc) is 2.15. The first-order chi connectivity index (χ1) is 7.00. The van der Waals surface area contributed by atoms with E-state index in [0.29, 0.717) is 5.75 Å². The van der Waals surface area contributed by atoms with Crippen molar-refractivity contribution in [2.24, 2.45) is 11.5 Å². The zero-order valence-corrected chi connectivity index (χ0v) is 9.80. The summed E-state index contributed by atoms with van der Waals surface area (Å²) in [6.45, 7) is 4.10. The predicted molar refractivity (Wildman–Crippen MR) is 63.8 cm³/mol. The summed E-state index contributed by atoms with van der Waals surface area (Å²) in [6.07, 6.45) is 0. The molecule has 1 aromatic carbocycles. The first-order valence-corrected chi connectivity index (χ1v) is 5.74. The molecule has 3 nitrogen and oxygen atoms in total. The largest absolute Gasteiger partial charge is 0.368 e. The van der Waals surface area contributed by atoms with Gasteiger partial charge in [0.05, 0.1) is 6.04 Å². The van der Waals surface area contributed by atoms with Crippen molar-refractivity contribution >= 4 is 17.7 Å². The maximum Gasteiger partial charge on any atom is 0.235 e. The molecule has 0 aliphatic carbocycles. The number of hydrogen-bond acceptors (Lipinski definition) is 3. The Bertz CT molecular complexity index is 366. The lowest BCUT2D eigenvalue weighted by Gasteiger charge is -2.09. The zero-order chi connectivity index (χ0) is 11.4. The number of thioether (sulfide) groups is 1. The summed E-state index contributed by atoms with van der Waals surface area (Å²) < 4.78 is 0. The summed E-state index contributed by atoms with van der Waals surface area (Å²) in [5.41, 5.74) is 13.1. The van der Waals surface area contributed by atoms with Crippen LogP contribution < -0.4 is 11.5 Å². The molecule has 0 heterocycles. The van der Waals surface area contributed by atoms with Crippen LogP contribution in [0.1, 0.15) is 11.1 Å². The van der Waals surface area contributed by atoms with Gasteiger partial charge in [0.15, 0.2) is 0 Å². The van der Waals surface area contributed by atoms with Gasteiger partial charge in [-0.15, -0.1) is 11.8 Å². The van der Waals surface area contributed by atoms with Gasteiger partial charge in [-0.2, -0.15) is 0 Å². The van der Waals surface area contributed by atoms with Crippen molar-refractivity contribution in [3.05, 3.63) is 29.3 Å². The highest BCUT2D eigenvalue weighted by Gasteiger charge is 2.10. The Kier molecular flexibility index (Phi) is 4.17. The van der Waals surface area contributed by atoms with Crippen molar-refractivity contribution in [3.63, 3.8) is 0 Å². The molecule has 0 aromatic heterocycles. The standard InChI is InChI=1S/C11H16N2OS/c1-7-3-4-10(8(2)5-7)15-6-9(12)11(13)14/h3-5,9H,6,12H2,1-2H3,(H2,13,14). The first-order valence-electron chi connectivity index (χ1n) is 4.75. The molecule has 0 saturated heterocycles. The Morgan fingerprint density at radius 3 is 2.67 bits per heavy atom. The summed E-state index contributed by atoms with van der Waals surface area (Å²) in [4.78, 5) is 11.9. The van der Waals surface area contributed by atoms with E-state index >= 15 is 0 Å². The van der Waals surface area contributed by atoms with E-state index in [-0.39, 0.29) is 0 Å². The normalized spacial score (nSPS) is 12.5. The zero-order valence-electron chi connectivity index (χ0n) is 8.99. The van der Waals surface area contributed by atoms with E-state index in [4.69, 9.17) is 11.5 Å². The fourth-order valence-electron chi connectivity index (χ4n) is 1.22. The molecule has 1 aromatic rings. The van der Waals surface area contributed by atoms with Crippen LogP contribution in [0.15, 0.2) is 23.1 Å². The molecule has 0 saturated carbocycles. The van der Waals surface area contributed by atoms with E-state index in [1.165, 1.54) is 11.1 Å². The summed E-state index contributed by atoms with van der Waals surface area (Å²) in [5.74, 6) is 0.0754. The number of benzene rings is 1. The van der Waals surface area contributed by atoms with Gasteiger partial charge in [-0.25, -0.2) is 0 Å². The summed E-state index contributed by atoms with van der Waals surface area (Å²) in [5, 5.41) is 0. The lowest BCUT2D eigenvalue weighted by Crippen LogP contribution is -2.38. The molecule has 4 heteroatoms. The second-order valence-electron chi connectivity index (χ2n) is 3.59. The van der Waals surface area contributed by atoms with Crippen LogP contribution >= 0.6 is 11.8 Å². The van der Waals surface area contributed by atoms with Crippen LogP contribution in [-0.4, -0.2) is 17.7 Å². The Morgan fingerprint density at radius 1 is 1.47 bits per heavy atom. The van der Waals surface area contributed by atoms with Gasteiger partial charge in [-0.3, -0.25) is 4.79 Å². The second-order valence-corrected chi connectivity index (χ2v) is 4.65. The fraction of sp³-hybridized carbons (Fsp3) is 0.364. The van der Waals surface area contributed by atoms with Gasteiger partial charge in [-0.1, -0.05) is 17.7 Å². The van der Waals surface area contributed by atoms with Gasteiger partial charge in [0, 0.05) is 10.6 Å². The van der Waals surface area contributed by atoms with Crippen molar-refractivity contribution in [1.82, 2.24) is 0 Å². The van der Waals surface area contributed by atoms with Crippen LogP contribution in [0.5, 0.6) is 0 Å². The minimum absolute atomic E-state index is 0.452. The molecule has 0 aliphatic rings. The molecule has 0 spiro atoms. The molecule has 15 heavy (non-hydrogen) atoms. The Morgan fingerprint density at radius 2 is 2.13 bits per heavy atom. The Balaban J connectivity index is 2.62. The third kappa shape index (κ3) is 3.57. The Labute approximate surface area is 94.2 Å². The Hall–Kier alpha value is -1.00. The van der Waals surface area contributed by atoms with E-state index < -0.39 is 11.9 Å². The molecular formula is C11H16N2OS. The van der Waals surface area contributed by atoms with Gasteiger partial charge >= 0.3 is 0 Å². The maximum atomic E-state index is 10.7. The molecule has 1 unspecified atom stereocenters. The molecule has 1 rings (SSSR count). The molecule has 0 radical (unpaired) electrons. The third-order valence-corrected chi connectivity index (χ3v) is 3.41. The fourth-order valence-corrected chi connectivity index (χ4v) is 2.20. The van der Waals surface area contributed by atoms with Crippen LogP contribution in [0.4, 0.5) is 0 Å². The third-order valence-electron chi connectivity index (χ3n) is 2.11. The van der Waals surface area contributed by atoms with Crippen LogP contribution in [0.3, 0.4) is 0 Å². The minimum atomic E-state index is -0.573. The predicted octanol–water partition coefficient (Wildman–Crippen LogP) is 1.21. The highest BCUT2D eigenvalue weighted by molar-refractivity contribution is 7.99. The number of carbonyl (C=O) groups excluding carboxylic acids is 1. The minimum Gasteiger partial charge on any atom is -0.368 e. The van der Waals surface area contributed by atoms with Crippen LogP contribution in [0.25, 0.3) is 0 Å². The number of rotatable bonds is 4. The van der Waals surface area contributed by atoms with Crippen molar-refractivity contribution in [2.75, 3.05) is 5.75 Å². The van der Waals surface area contributed by atoms with Crippen molar-refractivity contribution in [1.29, 1.82) is 0 Å². The second kappa shape index (κ2) is 5.19. The van der Waals surface area contributed by atoms with Crippen molar-refractivity contribution in [2.45, 2.75) is 24.8 Å². The smallest absolute Gasteiger partial charge is 0.235 e. The lowest BCUT2D eigenvalue weighted by atomic mass is 10.2. The number of nitrogens with two attached hydrogens (primary N) is 2. The lowest BCUT2D eigenvalue weighted by molar-refractivity contribution is -0.118. The molecule has 82 valence electrons. The SMILES string of the molecule is Cc1ccc(SCC(N)C(N)=O)c(C)c1. The average molecular weight is 224 g/mol. The number of primary amides is 1. The van der Waals surface area contributed by atoms with E-state index in [0.717, 1.165) is 4.90 Å². The van der Waals surface area contributed by atoms with E-state index in [9.17, 15) is 4.79 Å². The van der Waals surface area contributed by atoms with Crippen molar-refractivity contribution in [3.8, 4) is 0 Å². The van der Waals surface area contributed by atoms with Crippen molar-refractivity contribution < 1.29 is 4.79 Å². The highest BCUT2D eigenvalue weighted by atomic mass is 32.2. The summed E-state index contributed by atoms with van der Waals surface area (Å²) in [6, 6.07) is 5.63. The molecule has 0 bridgehead atoms. The van der Waals surface area contributed by atoms with Crippen LogP contribution in [-0.2, 0) is 4.79 Å². The summed E-state index contributed by atoms with van der Waals surface area (Å²) >= 11 is 1.57. The van der Waals surface area contributed by atoms with E-state index in [1.54, 1.807) is 11.8 Å². The molecule has 4 N–H and O–H groups in total. The van der Waals surface area contributed by atoms with E-state index in [2.05, 4.69) is 13.0 Å². The number of amides is 1. The van der Waals surface area contributed by atoms with Gasteiger partial charge in [0.2, 0.25) is 5.91 Å². The van der Waals surface area contributed by atoms with E-state index in [1.807, 2.05) is 19.1 Å². The monoisotopic (exact) mass is 224 g/mol. The molecule has 1 amide bonds. The number of carbonyl (C=O) groups is 1. The maximum absolute atomic E-state index is 10.7. The van der Waals surface area contributed by atoms with Gasteiger partial charge in [0.25, 0.3) is 0 Å². The number of hydrogen-bond donors (Lipinski definition) is 2. The van der Waals surface area contributed by atoms with Gasteiger partial charge < -0.3 is 11.5 Å². The first kappa shape index (κ1) is 12.1. The molecule has 0 fully saturated rings. The highest BCUT2D eigenvalue weighted by Crippen LogP contribution is 2.23. The van der Waals surface area contributed by atoms with Gasteiger partial charge in [-0.05, 0) is 25.5 Å². The molecular weight excluding hydrogens is 208 g/mol. The molecule has 1 atom stereocenters. The van der Waals surface area contributed by atoms with Crippen LogP contribution in [0.2, 0.25) is 0 Å². The topological polar surface area (TPSA) is 69.1 Å². The number of aryl methyl sites for hydroxylation is 2. The van der Waals surface area contributed by atoms with Crippen LogP contribution in [0, 0.1) is 13.8 Å². The van der Waals surface area contributed by atoms with Gasteiger partial charge in [0.1, 0.15) is 0 Å². The summed E-state index contributed by atoms with van der Waals surface area (Å²) in [7, 11) is 0.